The Hall–Kier alpha value is -0.700. The molecule has 8 heteroatoms. The van der Waals surface area contributed by atoms with Gasteiger partial charge in [0.2, 0.25) is 10.0 Å². The smallest absolute Gasteiger partial charge is 0.239 e. The van der Waals surface area contributed by atoms with Gasteiger partial charge >= 0.3 is 0 Å². The average Bonchev–Trinajstić information content (AvgIpc) is 2.26. The molecule has 1 aromatic rings. The fraction of sp³-hybridized carbons (Fsp3) is 0.400. The highest BCUT2D eigenvalue weighted by atomic mass is 35.5. The number of primary sulfonamides is 1. The summed E-state index contributed by atoms with van der Waals surface area (Å²) in [4.78, 5) is -0.219. The van der Waals surface area contributed by atoms with E-state index in [0.717, 1.165) is 0 Å². The van der Waals surface area contributed by atoms with Crippen LogP contribution in [-0.4, -0.2) is 38.3 Å². The Morgan fingerprint density at radius 3 is 2.50 bits per heavy atom. The zero-order chi connectivity index (χ0) is 13.9. The summed E-state index contributed by atoms with van der Waals surface area (Å²) >= 11 is 5.77. The van der Waals surface area contributed by atoms with E-state index >= 15 is 0 Å². The molecule has 6 nitrogen and oxygen atoms in total. The Morgan fingerprint density at radius 1 is 1.44 bits per heavy atom. The van der Waals surface area contributed by atoms with E-state index in [9.17, 15) is 18.6 Å². The minimum atomic E-state index is -3.89. The van der Waals surface area contributed by atoms with E-state index in [1.807, 2.05) is 0 Å². The lowest BCUT2D eigenvalue weighted by atomic mass is 10.0. The molecule has 0 aliphatic carbocycles. The summed E-state index contributed by atoms with van der Waals surface area (Å²) in [6.07, 6.45) is -2.18. The molecule has 102 valence electrons. The third kappa shape index (κ3) is 3.64. The molecule has 1 aromatic carbocycles. The van der Waals surface area contributed by atoms with Gasteiger partial charge in [-0.3, -0.25) is 0 Å². The standard InChI is InChI=1S/C10H15ClN2O4S/c1-13-5-8(14)10(15)6-2-3-9(7(11)4-6)18(12,16)17/h2-4,8,10,13-15H,5H2,1H3,(H2,12,16,17). The van der Waals surface area contributed by atoms with E-state index in [4.69, 9.17) is 16.7 Å². The van der Waals surface area contributed by atoms with Crippen molar-refractivity contribution < 1.29 is 18.6 Å². The summed E-state index contributed by atoms with van der Waals surface area (Å²) in [6.45, 7) is 0.190. The molecule has 0 bridgehead atoms. The van der Waals surface area contributed by atoms with Crippen molar-refractivity contribution in [1.82, 2.24) is 5.32 Å². The minimum absolute atomic E-state index is 0.0919. The van der Waals surface area contributed by atoms with Gasteiger partial charge in [0, 0.05) is 6.54 Å². The van der Waals surface area contributed by atoms with Crippen LogP contribution in [0.1, 0.15) is 11.7 Å². The molecule has 0 saturated heterocycles. The molecular formula is C10H15ClN2O4S. The molecule has 0 fully saturated rings. The van der Waals surface area contributed by atoms with Gasteiger partial charge in [-0.05, 0) is 24.7 Å². The molecular weight excluding hydrogens is 280 g/mol. The molecule has 0 aliphatic heterocycles. The number of aliphatic hydroxyl groups excluding tert-OH is 2. The Kier molecular flexibility index (Phi) is 5.09. The number of nitrogens with one attached hydrogen (secondary N) is 1. The quantitative estimate of drug-likeness (QED) is 0.590. The van der Waals surface area contributed by atoms with Gasteiger partial charge in [0.15, 0.2) is 0 Å². The Morgan fingerprint density at radius 2 is 2.06 bits per heavy atom. The second kappa shape index (κ2) is 5.96. The maximum atomic E-state index is 11.1. The molecule has 1 rings (SSSR count). The van der Waals surface area contributed by atoms with Crippen LogP contribution in [0.5, 0.6) is 0 Å². The van der Waals surface area contributed by atoms with E-state index in [1.54, 1.807) is 7.05 Å². The molecule has 0 aliphatic rings. The molecule has 0 spiro atoms. The van der Waals surface area contributed by atoms with Gasteiger partial charge in [0.05, 0.1) is 11.1 Å². The molecule has 5 N–H and O–H groups in total. The molecule has 0 heterocycles. The van der Waals surface area contributed by atoms with Crippen LogP contribution in [0.3, 0.4) is 0 Å². The Bertz CT molecular complexity index is 521. The van der Waals surface area contributed by atoms with Crippen LogP contribution < -0.4 is 10.5 Å². The summed E-state index contributed by atoms with van der Waals surface area (Å²) in [6, 6.07) is 3.82. The highest BCUT2D eigenvalue weighted by molar-refractivity contribution is 7.89. The Labute approximate surface area is 110 Å². The van der Waals surface area contributed by atoms with E-state index in [0.29, 0.717) is 5.56 Å². The molecule has 18 heavy (non-hydrogen) atoms. The highest BCUT2D eigenvalue weighted by Crippen LogP contribution is 2.26. The van der Waals surface area contributed by atoms with Gasteiger partial charge in [-0.2, -0.15) is 0 Å². The zero-order valence-corrected chi connectivity index (χ0v) is 11.2. The third-order valence-corrected chi connectivity index (χ3v) is 3.78. The molecule has 0 aromatic heterocycles. The lowest BCUT2D eigenvalue weighted by Gasteiger charge is -2.18. The van der Waals surface area contributed by atoms with E-state index in [-0.39, 0.29) is 16.5 Å². The number of benzene rings is 1. The van der Waals surface area contributed by atoms with Gasteiger partial charge < -0.3 is 15.5 Å². The maximum Gasteiger partial charge on any atom is 0.239 e. The van der Waals surface area contributed by atoms with Crippen LogP contribution in [0.25, 0.3) is 0 Å². The van der Waals surface area contributed by atoms with E-state index in [2.05, 4.69) is 5.32 Å². The molecule has 2 atom stereocenters. The van der Waals surface area contributed by atoms with Crippen molar-refractivity contribution in [2.75, 3.05) is 13.6 Å². The summed E-state index contributed by atoms with van der Waals surface area (Å²) in [5.41, 5.74) is 0.315. The van der Waals surface area contributed by atoms with Gasteiger partial charge in [0.1, 0.15) is 11.0 Å². The molecule has 0 amide bonds. The number of halogens is 1. The lowest BCUT2D eigenvalue weighted by Crippen LogP contribution is -2.29. The first-order valence-electron chi connectivity index (χ1n) is 5.10. The fourth-order valence-electron chi connectivity index (χ4n) is 1.47. The number of rotatable bonds is 5. The summed E-state index contributed by atoms with van der Waals surface area (Å²) in [5, 5.41) is 27.0. The van der Waals surface area contributed by atoms with Crippen molar-refractivity contribution in [2.24, 2.45) is 5.14 Å². The SMILES string of the molecule is CNCC(O)C(O)c1ccc(S(N)(=O)=O)c(Cl)c1. The van der Waals surface area contributed by atoms with Crippen LogP contribution >= 0.6 is 11.6 Å². The van der Waals surface area contributed by atoms with Crippen molar-refractivity contribution in [3.05, 3.63) is 28.8 Å². The fourth-order valence-corrected chi connectivity index (χ4v) is 2.57. The lowest BCUT2D eigenvalue weighted by molar-refractivity contribution is 0.0202. The summed E-state index contributed by atoms with van der Waals surface area (Å²) < 4.78 is 22.3. The van der Waals surface area contributed by atoms with Gasteiger partial charge in [-0.1, -0.05) is 17.7 Å². The number of hydrogen-bond donors (Lipinski definition) is 4. The normalized spacial score (nSPS) is 15.4. The maximum absolute atomic E-state index is 11.1. The topological polar surface area (TPSA) is 113 Å². The van der Waals surface area contributed by atoms with Crippen molar-refractivity contribution in [3.8, 4) is 0 Å². The van der Waals surface area contributed by atoms with Gasteiger partial charge in [-0.15, -0.1) is 0 Å². The van der Waals surface area contributed by atoms with Crippen LogP contribution in [0.4, 0.5) is 0 Å². The predicted octanol–water partition coefficient (Wildman–Crippen LogP) is -0.399. The first kappa shape index (κ1) is 15.4. The predicted molar refractivity (Wildman–Crippen MR) is 67.7 cm³/mol. The van der Waals surface area contributed by atoms with Crippen LogP contribution in [-0.2, 0) is 10.0 Å². The number of likely N-dealkylation sites (N-methyl/N-ethyl adjacent to an activating group) is 1. The van der Waals surface area contributed by atoms with E-state index < -0.39 is 22.2 Å². The number of aliphatic hydroxyl groups is 2. The van der Waals surface area contributed by atoms with Crippen molar-refractivity contribution in [3.63, 3.8) is 0 Å². The zero-order valence-electron chi connectivity index (χ0n) is 9.67. The minimum Gasteiger partial charge on any atom is -0.389 e. The first-order valence-corrected chi connectivity index (χ1v) is 7.02. The summed E-state index contributed by atoms with van der Waals surface area (Å²) in [5.74, 6) is 0. The Balaban J connectivity index is 3.05. The number of hydrogen-bond acceptors (Lipinski definition) is 5. The molecule has 2 unspecified atom stereocenters. The largest absolute Gasteiger partial charge is 0.389 e. The van der Waals surface area contributed by atoms with Crippen LogP contribution in [0, 0.1) is 0 Å². The second-order valence-electron chi connectivity index (χ2n) is 3.80. The van der Waals surface area contributed by atoms with Gasteiger partial charge in [0.25, 0.3) is 0 Å². The van der Waals surface area contributed by atoms with Crippen molar-refractivity contribution in [2.45, 2.75) is 17.1 Å². The number of sulfonamides is 1. The first-order chi connectivity index (χ1) is 8.27. The molecule has 0 radical (unpaired) electrons. The second-order valence-corrected chi connectivity index (χ2v) is 5.74. The van der Waals surface area contributed by atoms with Crippen molar-refractivity contribution in [1.29, 1.82) is 0 Å². The van der Waals surface area contributed by atoms with E-state index in [1.165, 1.54) is 18.2 Å². The summed E-state index contributed by atoms with van der Waals surface area (Å²) in [7, 11) is -2.26. The van der Waals surface area contributed by atoms with Crippen LogP contribution in [0.15, 0.2) is 23.1 Å². The number of nitrogens with two attached hydrogens (primary N) is 1. The highest BCUT2D eigenvalue weighted by Gasteiger charge is 2.20. The molecule has 0 saturated carbocycles. The van der Waals surface area contributed by atoms with Crippen LogP contribution in [0.2, 0.25) is 5.02 Å². The van der Waals surface area contributed by atoms with Gasteiger partial charge in [-0.25, -0.2) is 13.6 Å². The third-order valence-electron chi connectivity index (χ3n) is 2.38. The van der Waals surface area contributed by atoms with Crippen molar-refractivity contribution >= 4 is 21.6 Å². The average molecular weight is 295 g/mol. The monoisotopic (exact) mass is 294 g/mol.